The van der Waals surface area contributed by atoms with Gasteiger partial charge >= 0.3 is 0 Å². The fourth-order valence-electron chi connectivity index (χ4n) is 8.35. The minimum Gasteiger partial charge on any atom is -0.507 e. The highest BCUT2D eigenvalue weighted by molar-refractivity contribution is 5.88. The molecule has 0 saturated heterocycles. The lowest BCUT2D eigenvalue weighted by Crippen LogP contribution is -2.18. The van der Waals surface area contributed by atoms with Crippen molar-refractivity contribution in [2.24, 2.45) is 0 Å². The second-order valence-corrected chi connectivity index (χ2v) is 23.4. The van der Waals surface area contributed by atoms with Crippen molar-refractivity contribution in [1.29, 1.82) is 0 Å². The first-order valence-corrected chi connectivity index (χ1v) is 21.6. The zero-order valence-corrected chi connectivity index (χ0v) is 40.0. The Balaban J connectivity index is 2.11. The molecule has 3 nitrogen and oxygen atoms in total. The fraction of sp³-hybridized carbons (Fsp3) is 0.464. The van der Waals surface area contributed by atoms with Gasteiger partial charge in [0.05, 0.1) is 0 Å². The molecule has 5 rings (SSSR count). The van der Waals surface area contributed by atoms with E-state index in [1.165, 1.54) is 16.7 Å². The molecule has 0 aliphatic carbocycles. The summed E-state index contributed by atoms with van der Waals surface area (Å²) in [4.78, 5) is 0. The van der Waals surface area contributed by atoms with E-state index in [0.29, 0.717) is 23.7 Å². The number of phenols is 3. The van der Waals surface area contributed by atoms with Crippen molar-refractivity contribution in [3.63, 3.8) is 0 Å². The summed E-state index contributed by atoms with van der Waals surface area (Å²) in [5, 5.41) is 35.8. The molecule has 0 aliphatic heterocycles. The van der Waals surface area contributed by atoms with Crippen molar-refractivity contribution in [3.05, 3.63) is 123 Å². The molecule has 5 aromatic carbocycles. The van der Waals surface area contributed by atoms with Crippen LogP contribution < -0.4 is 0 Å². The summed E-state index contributed by atoms with van der Waals surface area (Å²) < 4.78 is 0. The molecule has 0 spiro atoms. The van der Waals surface area contributed by atoms with E-state index in [-0.39, 0.29) is 32.5 Å². The Bertz CT molecular complexity index is 2170. The Labute approximate surface area is 358 Å². The molecule has 59 heavy (non-hydrogen) atoms. The maximum absolute atomic E-state index is 12.0. The molecule has 316 valence electrons. The van der Waals surface area contributed by atoms with Crippen LogP contribution >= 0.6 is 0 Å². The topological polar surface area (TPSA) is 60.7 Å². The first-order chi connectivity index (χ1) is 26.7. The van der Waals surface area contributed by atoms with Crippen molar-refractivity contribution < 1.29 is 15.3 Å². The Morgan fingerprint density at radius 1 is 0.356 bits per heavy atom. The van der Waals surface area contributed by atoms with Crippen LogP contribution in [0.3, 0.4) is 0 Å². The third kappa shape index (κ3) is 9.46. The van der Waals surface area contributed by atoms with Gasteiger partial charge in [-0.2, -0.15) is 0 Å². The van der Waals surface area contributed by atoms with Crippen LogP contribution in [0, 0.1) is 6.92 Å². The number of benzene rings is 5. The summed E-state index contributed by atoms with van der Waals surface area (Å²) >= 11 is 0. The first kappa shape index (κ1) is 45.6. The van der Waals surface area contributed by atoms with Crippen molar-refractivity contribution in [1.82, 2.24) is 0 Å². The smallest absolute Gasteiger partial charge is 0.123 e. The van der Waals surface area contributed by atoms with Crippen molar-refractivity contribution in [2.75, 3.05) is 0 Å². The molecule has 0 atom stereocenters. The van der Waals surface area contributed by atoms with Crippen LogP contribution in [-0.4, -0.2) is 15.3 Å². The van der Waals surface area contributed by atoms with E-state index >= 15 is 0 Å². The molecular weight excluding hydrogens is 721 g/mol. The van der Waals surface area contributed by atoms with Crippen molar-refractivity contribution in [3.8, 4) is 50.6 Å². The minimum atomic E-state index is -0.322. The molecule has 0 aromatic heterocycles. The van der Waals surface area contributed by atoms with Crippen LogP contribution in [0.5, 0.6) is 17.2 Å². The number of rotatable bonds is 5. The standard InChI is InChI=1S/C56H74O3/c1-33-22-20-21-23-34(33)24-41-39(37-29-44(53(8,9)10)49(58)45(30-37)54(11,12)13)25-35(36-27-42(51(2,3)4)48(57)43(28-36)52(5,6)7)26-40(41)38-31-46(55(14,15)16)50(59)47(32-38)56(17,18)19/h20-23,25-32,57-59H,24H2,1-19H3. The third-order valence-corrected chi connectivity index (χ3v) is 12.0. The summed E-state index contributed by atoms with van der Waals surface area (Å²) in [6.07, 6.45) is 0.681. The quantitative estimate of drug-likeness (QED) is 0.166. The van der Waals surface area contributed by atoms with E-state index in [2.05, 4.69) is 204 Å². The largest absolute Gasteiger partial charge is 0.507 e. The van der Waals surface area contributed by atoms with Crippen LogP contribution in [0.25, 0.3) is 33.4 Å². The van der Waals surface area contributed by atoms with Crippen LogP contribution in [0.4, 0.5) is 0 Å². The van der Waals surface area contributed by atoms with Gasteiger partial charge in [0.15, 0.2) is 0 Å². The number of hydrogen-bond donors (Lipinski definition) is 3. The van der Waals surface area contributed by atoms with Gasteiger partial charge < -0.3 is 15.3 Å². The minimum absolute atomic E-state index is 0.309. The molecule has 0 unspecified atom stereocenters. The van der Waals surface area contributed by atoms with E-state index in [0.717, 1.165) is 66.8 Å². The molecule has 0 heterocycles. The lowest BCUT2D eigenvalue weighted by atomic mass is 9.74. The second kappa shape index (κ2) is 15.2. The monoisotopic (exact) mass is 795 g/mol. The van der Waals surface area contributed by atoms with Crippen LogP contribution in [0.15, 0.2) is 72.8 Å². The van der Waals surface area contributed by atoms with Crippen LogP contribution in [0.2, 0.25) is 0 Å². The Morgan fingerprint density at radius 3 is 0.881 bits per heavy atom. The van der Waals surface area contributed by atoms with Crippen molar-refractivity contribution in [2.45, 2.75) is 170 Å². The number of hydrogen-bond acceptors (Lipinski definition) is 3. The second-order valence-electron chi connectivity index (χ2n) is 23.4. The Kier molecular flexibility index (Phi) is 11.7. The average Bonchev–Trinajstić information content (AvgIpc) is 3.06. The fourth-order valence-corrected chi connectivity index (χ4v) is 8.35. The third-order valence-electron chi connectivity index (χ3n) is 12.0. The van der Waals surface area contributed by atoms with Gasteiger partial charge in [-0.15, -0.1) is 0 Å². The van der Waals surface area contributed by atoms with Crippen LogP contribution in [-0.2, 0) is 38.9 Å². The van der Waals surface area contributed by atoms with Gasteiger partial charge in [-0.3, -0.25) is 0 Å². The molecule has 0 amide bonds. The number of phenolic OH excluding ortho intramolecular Hbond substituents is 3. The highest BCUT2D eigenvalue weighted by atomic mass is 16.3. The van der Waals surface area contributed by atoms with Crippen molar-refractivity contribution >= 4 is 0 Å². The molecule has 3 heteroatoms. The molecular formula is C56H74O3. The Hall–Kier alpha value is -4.50. The zero-order chi connectivity index (χ0) is 44.6. The summed E-state index contributed by atoms with van der Waals surface area (Å²) in [5.74, 6) is 1.07. The molecule has 0 saturated carbocycles. The van der Waals surface area contributed by atoms with Gasteiger partial charge in [-0.1, -0.05) is 149 Å². The van der Waals surface area contributed by atoms with E-state index in [1.807, 2.05) is 0 Å². The van der Waals surface area contributed by atoms with E-state index < -0.39 is 0 Å². The molecule has 0 radical (unpaired) electrons. The first-order valence-electron chi connectivity index (χ1n) is 21.6. The zero-order valence-electron chi connectivity index (χ0n) is 40.0. The molecule has 0 fully saturated rings. The lowest BCUT2D eigenvalue weighted by Gasteiger charge is -2.30. The summed E-state index contributed by atoms with van der Waals surface area (Å²) in [6, 6.07) is 26.6. The summed E-state index contributed by atoms with van der Waals surface area (Å²) in [7, 11) is 0. The number of aromatic hydroxyl groups is 3. The predicted octanol–water partition coefficient (Wildman–Crippen LogP) is 15.5. The van der Waals surface area contributed by atoms with Gasteiger partial charge in [0, 0.05) is 33.4 Å². The Morgan fingerprint density at radius 2 is 0.610 bits per heavy atom. The van der Waals surface area contributed by atoms with E-state index in [9.17, 15) is 15.3 Å². The SMILES string of the molecule is Cc1ccccc1Cc1c(-c2cc(C(C)(C)C)c(O)c(C(C)(C)C)c2)cc(-c2cc(C(C)(C)C)c(O)c(C(C)(C)C)c2)cc1-c1cc(C(C)(C)C)c(O)c(C(C)(C)C)c1. The normalized spacial score (nSPS) is 13.3. The van der Waals surface area contributed by atoms with Gasteiger partial charge in [0.2, 0.25) is 0 Å². The van der Waals surface area contributed by atoms with E-state index in [1.54, 1.807) is 0 Å². The van der Waals surface area contributed by atoms with Gasteiger partial charge in [-0.25, -0.2) is 0 Å². The lowest BCUT2D eigenvalue weighted by molar-refractivity contribution is 0.422. The average molecular weight is 795 g/mol. The maximum Gasteiger partial charge on any atom is 0.123 e. The molecule has 3 N–H and O–H groups in total. The maximum atomic E-state index is 12.0. The van der Waals surface area contributed by atoms with Crippen LogP contribution in [0.1, 0.15) is 175 Å². The van der Waals surface area contributed by atoms with Gasteiger partial charge in [-0.05, 0) is 144 Å². The highest BCUT2D eigenvalue weighted by Crippen LogP contribution is 2.49. The van der Waals surface area contributed by atoms with E-state index in [4.69, 9.17) is 0 Å². The van der Waals surface area contributed by atoms with Gasteiger partial charge in [0.1, 0.15) is 17.2 Å². The highest BCUT2D eigenvalue weighted by Gasteiger charge is 2.32. The van der Waals surface area contributed by atoms with Gasteiger partial charge in [0.25, 0.3) is 0 Å². The summed E-state index contributed by atoms with van der Waals surface area (Å²) in [6.45, 7) is 41.2. The molecule has 0 bridgehead atoms. The molecule has 5 aromatic rings. The number of aryl methyl sites for hydroxylation is 1. The summed E-state index contributed by atoms with van der Waals surface area (Å²) in [5.41, 5.74) is 13.6. The predicted molar refractivity (Wildman–Crippen MR) is 254 cm³/mol. The molecule has 0 aliphatic rings.